The summed E-state index contributed by atoms with van der Waals surface area (Å²) in [4.78, 5) is 13.2. The molecule has 3 saturated carbocycles. The number of hydrogen-bond donors (Lipinski definition) is 0. The fourth-order valence-electron chi connectivity index (χ4n) is 6.57. The standard InChI is InChI=1S/C23H40O2/c1-6-7-11-23(25-22(24)20(16(4)5)12-15(2)3)14-17-13-21(23)19-10-8-9-18(17)19/h15-21H,6-14H2,1-5H3. The molecule has 6 atom stereocenters. The Morgan fingerprint density at radius 1 is 1.16 bits per heavy atom. The lowest BCUT2D eigenvalue weighted by atomic mass is 9.70. The fourth-order valence-corrected chi connectivity index (χ4v) is 6.57. The number of hydrogen-bond acceptors (Lipinski definition) is 2. The van der Waals surface area contributed by atoms with Gasteiger partial charge in [0.1, 0.15) is 5.60 Å². The maximum absolute atomic E-state index is 13.2. The van der Waals surface area contributed by atoms with Crippen molar-refractivity contribution < 1.29 is 9.53 Å². The predicted molar refractivity (Wildman–Crippen MR) is 103 cm³/mol. The molecule has 3 aliphatic carbocycles. The first kappa shape index (κ1) is 19.2. The van der Waals surface area contributed by atoms with E-state index < -0.39 is 0 Å². The number of carbonyl (C=O) groups excluding carboxylic acids is 1. The van der Waals surface area contributed by atoms with Crippen LogP contribution in [0.4, 0.5) is 0 Å². The molecule has 0 aromatic carbocycles. The van der Waals surface area contributed by atoms with Gasteiger partial charge in [0, 0.05) is 5.92 Å². The molecule has 0 spiro atoms. The average molecular weight is 349 g/mol. The topological polar surface area (TPSA) is 26.3 Å². The molecule has 0 aliphatic heterocycles. The minimum Gasteiger partial charge on any atom is -0.459 e. The molecule has 3 fully saturated rings. The average Bonchev–Trinajstić information content (AvgIpc) is 3.21. The Labute approximate surface area is 155 Å². The van der Waals surface area contributed by atoms with Crippen molar-refractivity contribution in [2.24, 2.45) is 41.4 Å². The highest BCUT2D eigenvalue weighted by molar-refractivity contribution is 5.73. The van der Waals surface area contributed by atoms with Crippen LogP contribution < -0.4 is 0 Å². The first-order chi connectivity index (χ1) is 11.9. The molecule has 25 heavy (non-hydrogen) atoms. The summed E-state index contributed by atoms with van der Waals surface area (Å²) in [6.07, 6.45) is 11.2. The lowest BCUT2D eigenvalue weighted by Crippen LogP contribution is -2.46. The number of fused-ring (bicyclic) bond motifs is 5. The van der Waals surface area contributed by atoms with Gasteiger partial charge in [-0.1, -0.05) is 47.5 Å². The highest BCUT2D eigenvalue weighted by Gasteiger charge is 2.62. The van der Waals surface area contributed by atoms with Crippen LogP contribution in [0.5, 0.6) is 0 Å². The van der Waals surface area contributed by atoms with Crippen LogP contribution in [-0.2, 0) is 9.53 Å². The zero-order chi connectivity index (χ0) is 18.2. The summed E-state index contributed by atoms with van der Waals surface area (Å²) < 4.78 is 6.53. The maximum atomic E-state index is 13.2. The zero-order valence-electron chi connectivity index (χ0n) is 17.2. The molecular formula is C23H40O2. The summed E-state index contributed by atoms with van der Waals surface area (Å²) in [7, 11) is 0. The monoisotopic (exact) mass is 348 g/mol. The Bertz CT molecular complexity index is 469. The third-order valence-corrected chi connectivity index (χ3v) is 7.68. The van der Waals surface area contributed by atoms with Gasteiger partial charge in [-0.05, 0) is 74.5 Å². The van der Waals surface area contributed by atoms with E-state index in [2.05, 4.69) is 34.6 Å². The summed E-state index contributed by atoms with van der Waals surface area (Å²) in [5.74, 6) is 4.40. The van der Waals surface area contributed by atoms with Crippen LogP contribution in [0.3, 0.4) is 0 Å². The lowest BCUT2D eigenvalue weighted by Gasteiger charge is -2.43. The predicted octanol–water partition coefficient (Wildman–Crippen LogP) is 6.23. The molecule has 3 rings (SSSR count). The smallest absolute Gasteiger partial charge is 0.309 e. The van der Waals surface area contributed by atoms with Crippen LogP contribution in [0.25, 0.3) is 0 Å². The van der Waals surface area contributed by atoms with Gasteiger partial charge in [-0.25, -0.2) is 0 Å². The number of rotatable bonds is 8. The van der Waals surface area contributed by atoms with Crippen LogP contribution >= 0.6 is 0 Å². The van der Waals surface area contributed by atoms with Gasteiger partial charge < -0.3 is 4.74 Å². The van der Waals surface area contributed by atoms with Crippen molar-refractivity contribution in [1.82, 2.24) is 0 Å². The number of ether oxygens (including phenoxy) is 1. The molecular weight excluding hydrogens is 308 g/mol. The largest absolute Gasteiger partial charge is 0.459 e. The molecule has 0 amide bonds. The van der Waals surface area contributed by atoms with Gasteiger partial charge in [0.2, 0.25) is 0 Å². The Morgan fingerprint density at radius 3 is 2.52 bits per heavy atom. The molecule has 0 heterocycles. The van der Waals surface area contributed by atoms with Gasteiger partial charge in [0.05, 0.1) is 5.92 Å². The molecule has 0 aromatic heterocycles. The number of carbonyl (C=O) groups is 1. The molecule has 0 N–H and O–H groups in total. The SMILES string of the molecule is CCCCC1(OC(=O)C(CC(C)C)C(C)C)CC2CC1C1CCCC21. The van der Waals surface area contributed by atoms with Gasteiger partial charge in [0.25, 0.3) is 0 Å². The van der Waals surface area contributed by atoms with Crippen molar-refractivity contribution in [2.75, 3.05) is 0 Å². The van der Waals surface area contributed by atoms with E-state index in [-0.39, 0.29) is 17.5 Å². The van der Waals surface area contributed by atoms with Crippen LogP contribution in [0.2, 0.25) is 0 Å². The van der Waals surface area contributed by atoms with Crippen molar-refractivity contribution in [1.29, 1.82) is 0 Å². The van der Waals surface area contributed by atoms with Crippen molar-refractivity contribution >= 4 is 5.97 Å². The quantitative estimate of drug-likeness (QED) is 0.486. The van der Waals surface area contributed by atoms with Gasteiger partial charge in [0.15, 0.2) is 0 Å². The summed E-state index contributed by atoms with van der Waals surface area (Å²) in [6.45, 7) is 11.1. The molecule has 144 valence electrons. The van der Waals surface area contributed by atoms with E-state index in [4.69, 9.17) is 4.74 Å². The third kappa shape index (κ3) is 3.65. The van der Waals surface area contributed by atoms with Crippen LogP contribution in [0.15, 0.2) is 0 Å². The lowest BCUT2D eigenvalue weighted by molar-refractivity contribution is -0.178. The second kappa shape index (κ2) is 7.61. The Morgan fingerprint density at radius 2 is 1.88 bits per heavy atom. The fraction of sp³-hybridized carbons (Fsp3) is 0.957. The third-order valence-electron chi connectivity index (χ3n) is 7.68. The van der Waals surface area contributed by atoms with E-state index in [1.807, 2.05) is 0 Å². The van der Waals surface area contributed by atoms with Crippen molar-refractivity contribution in [2.45, 2.75) is 98.0 Å². The van der Waals surface area contributed by atoms with Crippen LogP contribution in [0.1, 0.15) is 92.4 Å². The summed E-state index contributed by atoms with van der Waals surface area (Å²) >= 11 is 0. The highest BCUT2D eigenvalue weighted by atomic mass is 16.6. The molecule has 0 aromatic rings. The van der Waals surface area contributed by atoms with Gasteiger partial charge in [-0.15, -0.1) is 0 Å². The molecule has 0 radical (unpaired) electrons. The van der Waals surface area contributed by atoms with Crippen molar-refractivity contribution in [3.63, 3.8) is 0 Å². The summed E-state index contributed by atoms with van der Waals surface area (Å²) in [6, 6.07) is 0. The van der Waals surface area contributed by atoms with Crippen LogP contribution in [-0.4, -0.2) is 11.6 Å². The van der Waals surface area contributed by atoms with E-state index in [1.54, 1.807) is 0 Å². The van der Waals surface area contributed by atoms with E-state index in [0.717, 1.165) is 37.0 Å². The van der Waals surface area contributed by atoms with Gasteiger partial charge in [-0.3, -0.25) is 4.79 Å². The van der Waals surface area contributed by atoms with E-state index >= 15 is 0 Å². The Balaban J connectivity index is 1.76. The second-order valence-corrected chi connectivity index (χ2v) is 10.1. The van der Waals surface area contributed by atoms with E-state index in [0.29, 0.717) is 17.8 Å². The minimum atomic E-state index is -0.118. The van der Waals surface area contributed by atoms with E-state index in [1.165, 1.54) is 38.5 Å². The van der Waals surface area contributed by atoms with E-state index in [9.17, 15) is 4.79 Å². The first-order valence-corrected chi connectivity index (χ1v) is 11.1. The normalized spacial score (nSPS) is 37.7. The molecule has 2 bridgehead atoms. The number of esters is 1. The maximum Gasteiger partial charge on any atom is 0.309 e. The zero-order valence-corrected chi connectivity index (χ0v) is 17.2. The molecule has 2 nitrogen and oxygen atoms in total. The summed E-state index contributed by atoms with van der Waals surface area (Å²) in [5.41, 5.74) is -0.118. The summed E-state index contributed by atoms with van der Waals surface area (Å²) in [5, 5.41) is 0. The Hall–Kier alpha value is -0.530. The Kier molecular flexibility index (Phi) is 5.85. The van der Waals surface area contributed by atoms with Crippen molar-refractivity contribution in [3.8, 4) is 0 Å². The van der Waals surface area contributed by atoms with Crippen LogP contribution in [0, 0.1) is 41.4 Å². The van der Waals surface area contributed by atoms with Gasteiger partial charge in [-0.2, -0.15) is 0 Å². The molecule has 0 saturated heterocycles. The molecule has 2 heteroatoms. The molecule has 3 aliphatic rings. The minimum absolute atomic E-state index is 0.0667. The first-order valence-electron chi connectivity index (χ1n) is 11.1. The molecule has 6 unspecified atom stereocenters. The van der Waals surface area contributed by atoms with Crippen molar-refractivity contribution in [3.05, 3.63) is 0 Å². The van der Waals surface area contributed by atoms with Gasteiger partial charge >= 0.3 is 5.97 Å². The number of unbranched alkanes of at least 4 members (excludes halogenated alkanes) is 1. The second-order valence-electron chi connectivity index (χ2n) is 10.1. The highest BCUT2D eigenvalue weighted by Crippen LogP contribution is 2.64.